The minimum Gasteiger partial charge on any atom is -0.354 e. The first-order valence-corrected chi connectivity index (χ1v) is 7.02. The molecule has 1 aromatic carbocycles. The monoisotopic (exact) mass is 300 g/mol. The van der Waals surface area contributed by atoms with Crippen LogP contribution in [0.2, 0.25) is 0 Å². The molecule has 0 aliphatic heterocycles. The Morgan fingerprint density at radius 3 is 2.53 bits per heavy atom. The Morgan fingerprint density at radius 2 is 1.84 bits per heavy atom. The van der Waals surface area contributed by atoms with Gasteiger partial charge in [0.1, 0.15) is 0 Å². The topological polar surface area (TPSA) is 58.2 Å². The van der Waals surface area contributed by atoms with Crippen LogP contribution in [0.5, 0.6) is 0 Å². The summed E-state index contributed by atoms with van der Waals surface area (Å²) >= 11 is 9.70. The number of hydrogen-bond donors (Lipinski definition) is 3. The van der Waals surface area contributed by atoms with Crippen molar-refractivity contribution in [1.82, 2.24) is 10.6 Å². The third kappa shape index (κ3) is 5.98. The number of carbonyl (C=O) groups excluding carboxylic acids is 2. The van der Waals surface area contributed by atoms with Gasteiger partial charge in [-0.15, -0.1) is 24.2 Å². The van der Waals surface area contributed by atoms with Crippen LogP contribution < -0.4 is 10.6 Å². The van der Waals surface area contributed by atoms with Gasteiger partial charge in [-0.1, -0.05) is 12.1 Å². The molecule has 0 radical (unpaired) electrons. The van der Waals surface area contributed by atoms with Crippen LogP contribution in [0.15, 0.2) is 29.2 Å². The van der Waals surface area contributed by atoms with Gasteiger partial charge in [-0.25, -0.2) is 0 Å². The van der Waals surface area contributed by atoms with E-state index in [0.717, 1.165) is 0 Å². The highest BCUT2D eigenvalue weighted by Gasteiger charge is 2.07. The number of nitrogens with one attached hydrogen (secondary N) is 2. The van der Waals surface area contributed by atoms with Crippen LogP contribution in [-0.2, 0) is 4.79 Å². The van der Waals surface area contributed by atoms with Crippen LogP contribution >= 0.6 is 24.2 Å². The van der Waals surface area contributed by atoms with Gasteiger partial charge in [0, 0.05) is 30.3 Å². The maximum absolute atomic E-state index is 11.8. The summed E-state index contributed by atoms with van der Waals surface area (Å²) in [6.45, 7) is 0.787. The van der Waals surface area contributed by atoms with E-state index in [2.05, 4.69) is 23.3 Å². The maximum Gasteiger partial charge on any atom is 0.252 e. The molecule has 1 aromatic rings. The zero-order chi connectivity index (χ0) is 14.1. The van der Waals surface area contributed by atoms with Crippen molar-refractivity contribution < 1.29 is 9.59 Å². The summed E-state index contributed by atoms with van der Waals surface area (Å²) in [6, 6.07) is 7.06. The van der Waals surface area contributed by atoms with Gasteiger partial charge < -0.3 is 10.6 Å². The predicted octanol–water partition coefficient (Wildman–Crippen LogP) is 1.84. The zero-order valence-corrected chi connectivity index (χ0v) is 12.1. The van der Waals surface area contributed by atoms with E-state index in [1.165, 1.54) is 0 Å². The van der Waals surface area contributed by atoms with Crippen molar-refractivity contribution in [3.8, 4) is 0 Å². The molecule has 0 unspecified atom stereocenters. The molecule has 0 heterocycles. The van der Waals surface area contributed by atoms with Crippen molar-refractivity contribution in [2.24, 2.45) is 0 Å². The quantitative estimate of drug-likeness (QED) is 0.409. The Hall–Kier alpha value is -1.20. The summed E-state index contributed by atoms with van der Waals surface area (Å²) in [5.41, 5.74) is 0.527. The van der Waals surface area contributed by atoms with Gasteiger partial charge in [0.05, 0.1) is 5.56 Å². The lowest BCUT2D eigenvalue weighted by Gasteiger charge is -2.08. The Kier molecular flexibility index (Phi) is 7.36. The highest BCUT2D eigenvalue weighted by atomic mass is 35.5. The third-order valence-corrected chi connectivity index (χ3v) is 3.08. The predicted molar refractivity (Wildman–Crippen MR) is 79.0 cm³/mol. The SMILES string of the molecule is O=C(CCCCl)NCCNC(=O)c1ccccc1S. The molecular weight excluding hydrogens is 284 g/mol. The summed E-state index contributed by atoms with van der Waals surface area (Å²) in [5.74, 6) is 0.230. The van der Waals surface area contributed by atoms with Crippen LogP contribution in [0.25, 0.3) is 0 Å². The first-order chi connectivity index (χ1) is 9.15. The number of carbonyl (C=O) groups is 2. The molecule has 104 valence electrons. The molecule has 1 rings (SSSR count). The van der Waals surface area contributed by atoms with E-state index in [1.54, 1.807) is 18.2 Å². The smallest absolute Gasteiger partial charge is 0.252 e. The van der Waals surface area contributed by atoms with Gasteiger partial charge in [0.15, 0.2) is 0 Å². The summed E-state index contributed by atoms with van der Waals surface area (Å²) in [7, 11) is 0. The van der Waals surface area contributed by atoms with Crippen molar-refractivity contribution >= 4 is 36.0 Å². The van der Waals surface area contributed by atoms with Crippen molar-refractivity contribution in [3.05, 3.63) is 29.8 Å². The molecule has 19 heavy (non-hydrogen) atoms. The average Bonchev–Trinajstić information content (AvgIpc) is 2.41. The fourth-order valence-corrected chi connectivity index (χ4v) is 1.85. The van der Waals surface area contributed by atoms with Gasteiger partial charge in [0.25, 0.3) is 5.91 Å². The molecule has 0 atom stereocenters. The fourth-order valence-electron chi connectivity index (χ4n) is 1.45. The second-order valence-corrected chi connectivity index (χ2v) is 4.78. The minimum absolute atomic E-state index is 0.0514. The Bertz CT molecular complexity index is 440. The molecule has 0 bridgehead atoms. The molecule has 0 aliphatic carbocycles. The zero-order valence-electron chi connectivity index (χ0n) is 10.5. The van der Waals surface area contributed by atoms with Gasteiger partial charge in [-0.05, 0) is 18.6 Å². The van der Waals surface area contributed by atoms with Crippen LogP contribution in [0.4, 0.5) is 0 Å². The number of halogens is 1. The maximum atomic E-state index is 11.8. The molecule has 0 aromatic heterocycles. The first-order valence-electron chi connectivity index (χ1n) is 6.04. The van der Waals surface area contributed by atoms with Gasteiger partial charge in [0.2, 0.25) is 5.91 Å². The lowest BCUT2D eigenvalue weighted by atomic mass is 10.2. The molecule has 0 saturated carbocycles. The summed E-state index contributed by atoms with van der Waals surface area (Å²) < 4.78 is 0. The van der Waals surface area contributed by atoms with Crippen molar-refractivity contribution in [3.63, 3.8) is 0 Å². The summed E-state index contributed by atoms with van der Waals surface area (Å²) in [4.78, 5) is 23.7. The summed E-state index contributed by atoms with van der Waals surface area (Å²) in [6.07, 6.45) is 1.07. The van der Waals surface area contributed by atoms with Crippen LogP contribution in [0.1, 0.15) is 23.2 Å². The number of hydrogen-bond acceptors (Lipinski definition) is 3. The van der Waals surface area contributed by atoms with Crippen molar-refractivity contribution in [1.29, 1.82) is 0 Å². The number of rotatable bonds is 7. The standard InChI is InChI=1S/C13H17ClN2O2S/c14-7-3-6-12(17)15-8-9-16-13(18)10-4-1-2-5-11(10)19/h1-2,4-5,19H,3,6-9H2,(H,15,17)(H,16,18). The Morgan fingerprint density at radius 1 is 1.16 bits per heavy atom. The van der Waals surface area contributed by atoms with E-state index in [4.69, 9.17) is 11.6 Å². The number of thiol groups is 1. The molecule has 6 heteroatoms. The second kappa shape index (κ2) is 8.82. The number of amides is 2. The lowest BCUT2D eigenvalue weighted by molar-refractivity contribution is -0.121. The Labute approximate surface area is 123 Å². The van der Waals surface area contributed by atoms with Gasteiger partial charge in [-0.3, -0.25) is 9.59 Å². The van der Waals surface area contributed by atoms with E-state index in [1.807, 2.05) is 6.07 Å². The van der Waals surface area contributed by atoms with Crippen LogP contribution in [0, 0.1) is 0 Å². The molecular formula is C13H17ClN2O2S. The van der Waals surface area contributed by atoms with E-state index in [0.29, 0.717) is 42.3 Å². The second-order valence-electron chi connectivity index (χ2n) is 3.92. The molecule has 0 fully saturated rings. The number of benzene rings is 1. The van der Waals surface area contributed by atoms with Crippen LogP contribution in [0.3, 0.4) is 0 Å². The van der Waals surface area contributed by atoms with Crippen molar-refractivity contribution in [2.75, 3.05) is 19.0 Å². The average molecular weight is 301 g/mol. The third-order valence-electron chi connectivity index (χ3n) is 2.42. The molecule has 0 spiro atoms. The summed E-state index contributed by atoms with van der Waals surface area (Å²) in [5, 5.41) is 5.43. The normalized spacial score (nSPS) is 10.0. The van der Waals surface area contributed by atoms with E-state index >= 15 is 0 Å². The lowest BCUT2D eigenvalue weighted by Crippen LogP contribution is -2.34. The molecule has 2 amide bonds. The first kappa shape index (κ1) is 15.9. The fraction of sp³-hybridized carbons (Fsp3) is 0.385. The number of alkyl halides is 1. The van der Waals surface area contributed by atoms with Gasteiger partial charge in [-0.2, -0.15) is 0 Å². The van der Waals surface area contributed by atoms with Gasteiger partial charge >= 0.3 is 0 Å². The molecule has 2 N–H and O–H groups in total. The van der Waals surface area contributed by atoms with E-state index in [9.17, 15) is 9.59 Å². The minimum atomic E-state index is -0.194. The Balaban J connectivity index is 2.25. The molecule has 0 saturated heterocycles. The molecule has 4 nitrogen and oxygen atoms in total. The van der Waals surface area contributed by atoms with Crippen molar-refractivity contribution in [2.45, 2.75) is 17.7 Å². The van der Waals surface area contributed by atoms with E-state index in [-0.39, 0.29) is 11.8 Å². The van der Waals surface area contributed by atoms with Crippen LogP contribution in [-0.4, -0.2) is 30.8 Å². The highest BCUT2D eigenvalue weighted by Crippen LogP contribution is 2.12. The highest BCUT2D eigenvalue weighted by molar-refractivity contribution is 7.80. The molecule has 0 aliphatic rings. The van der Waals surface area contributed by atoms with E-state index < -0.39 is 0 Å². The largest absolute Gasteiger partial charge is 0.354 e.